The maximum absolute atomic E-state index is 13.0. The van der Waals surface area contributed by atoms with Crippen LogP contribution in [0.4, 0.5) is 9.59 Å². The number of esters is 1. The van der Waals surface area contributed by atoms with Crippen molar-refractivity contribution in [1.82, 2.24) is 9.80 Å². The molecule has 2 aliphatic heterocycles. The largest absolute Gasteiger partial charge is 0.459 e. The predicted molar refractivity (Wildman–Crippen MR) is 114 cm³/mol. The van der Waals surface area contributed by atoms with Crippen LogP contribution >= 0.6 is 0 Å². The minimum atomic E-state index is -0.839. The lowest BCUT2D eigenvalue weighted by Crippen LogP contribution is -2.55. The molecule has 4 rings (SSSR count). The van der Waals surface area contributed by atoms with E-state index in [4.69, 9.17) is 14.2 Å². The van der Waals surface area contributed by atoms with E-state index in [2.05, 4.69) is 0 Å². The molecule has 0 aromatic heterocycles. The second kappa shape index (κ2) is 10.2. The van der Waals surface area contributed by atoms with Crippen LogP contribution in [0.1, 0.15) is 24.0 Å². The van der Waals surface area contributed by atoms with E-state index in [1.165, 1.54) is 4.90 Å². The summed E-state index contributed by atoms with van der Waals surface area (Å²) in [6.07, 6.45) is -0.134. The second-order valence-electron chi connectivity index (χ2n) is 7.83. The van der Waals surface area contributed by atoms with E-state index in [9.17, 15) is 14.4 Å². The van der Waals surface area contributed by atoms with Crippen molar-refractivity contribution in [3.05, 3.63) is 71.8 Å². The molecule has 8 nitrogen and oxygen atoms in total. The van der Waals surface area contributed by atoms with Gasteiger partial charge in [0.1, 0.15) is 25.9 Å². The summed E-state index contributed by atoms with van der Waals surface area (Å²) >= 11 is 0. The lowest BCUT2D eigenvalue weighted by molar-refractivity contribution is -0.153. The Labute approximate surface area is 186 Å². The summed E-state index contributed by atoms with van der Waals surface area (Å²) in [4.78, 5) is 40.9. The van der Waals surface area contributed by atoms with Crippen LogP contribution in [-0.2, 0) is 32.2 Å². The van der Waals surface area contributed by atoms with Crippen LogP contribution in [0.2, 0.25) is 0 Å². The fourth-order valence-electron chi connectivity index (χ4n) is 4.04. The Morgan fingerprint density at radius 2 is 1.53 bits per heavy atom. The molecule has 0 radical (unpaired) electrons. The van der Waals surface area contributed by atoms with Gasteiger partial charge in [-0.1, -0.05) is 60.7 Å². The summed E-state index contributed by atoms with van der Waals surface area (Å²) in [5, 5.41) is 0. The number of hydrogen-bond acceptors (Lipinski definition) is 6. The molecule has 2 amide bonds. The summed E-state index contributed by atoms with van der Waals surface area (Å²) in [5.74, 6) is -0.511. The number of benzene rings is 2. The average molecular weight is 438 g/mol. The summed E-state index contributed by atoms with van der Waals surface area (Å²) in [7, 11) is 0. The number of carbonyl (C=O) groups excluding carboxylic acids is 3. The number of amides is 2. The fraction of sp³-hybridized carbons (Fsp3) is 0.375. The SMILES string of the molecule is O=C(OCc1ccccc1)C1CC(N2CCOC2=O)CCN1C(=O)OCc1ccccc1. The number of ether oxygens (including phenoxy) is 3. The van der Waals surface area contributed by atoms with Crippen molar-refractivity contribution in [3.8, 4) is 0 Å². The van der Waals surface area contributed by atoms with Gasteiger partial charge in [0.25, 0.3) is 0 Å². The average Bonchev–Trinajstić information content (AvgIpc) is 3.27. The molecule has 2 saturated heterocycles. The van der Waals surface area contributed by atoms with Gasteiger partial charge in [0, 0.05) is 12.6 Å². The van der Waals surface area contributed by atoms with Gasteiger partial charge in [0.15, 0.2) is 0 Å². The molecule has 0 saturated carbocycles. The van der Waals surface area contributed by atoms with Gasteiger partial charge in [0.05, 0.1) is 6.54 Å². The number of likely N-dealkylation sites (tertiary alicyclic amines) is 1. The lowest BCUT2D eigenvalue weighted by Gasteiger charge is -2.39. The zero-order valence-corrected chi connectivity index (χ0v) is 17.7. The van der Waals surface area contributed by atoms with Gasteiger partial charge in [-0.25, -0.2) is 14.4 Å². The van der Waals surface area contributed by atoms with Gasteiger partial charge in [-0.05, 0) is 24.0 Å². The van der Waals surface area contributed by atoms with Crippen LogP contribution in [-0.4, -0.2) is 59.7 Å². The molecule has 0 aliphatic carbocycles. The molecule has 0 N–H and O–H groups in total. The highest BCUT2D eigenvalue weighted by Crippen LogP contribution is 2.26. The van der Waals surface area contributed by atoms with E-state index in [1.807, 2.05) is 60.7 Å². The van der Waals surface area contributed by atoms with Gasteiger partial charge in [-0.15, -0.1) is 0 Å². The first-order valence-electron chi connectivity index (χ1n) is 10.7. The molecule has 2 unspecified atom stereocenters. The number of piperidine rings is 1. The van der Waals surface area contributed by atoms with Crippen molar-refractivity contribution in [3.63, 3.8) is 0 Å². The van der Waals surface area contributed by atoms with Gasteiger partial charge in [-0.2, -0.15) is 0 Å². The first-order valence-corrected chi connectivity index (χ1v) is 10.7. The van der Waals surface area contributed by atoms with Gasteiger partial charge in [-0.3, -0.25) is 4.90 Å². The number of carbonyl (C=O) groups is 3. The van der Waals surface area contributed by atoms with E-state index >= 15 is 0 Å². The normalized spacial score (nSPS) is 20.6. The molecule has 0 bridgehead atoms. The lowest BCUT2D eigenvalue weighted by atomic mass is 9.96. The maximum Gasteiger partial charge on any atom is 0.410 e. The van der Waals surface area contributed by atoms with Crippen LogP contribution in [0.25, 0.3) is 0 Å². The highest BCUT2D eigenvalue weighted by atomic mass is 16.6. The zero-order valence-electron chi connectivity index (χ0n) is 17.7. The van der Waals surface area contributed by atoms with Crippen LogP contribution in [0.3, 0.4) is 0 Å². The van der Waals surface area contributed by atoms with Crippen molar-refractivity contribution < 1.29 is 28.6 Å². The third kappa shape index (κ3) is 5.19. The van der Waals surface area contributed by atoms with E-state index in [0.29, 0.717) is 19.6 Å². The Balaban J connectivity index is 1.43. The number of hydrogen-bond donors (Lipinski definition) is 0. The number of cyclic esters (lactones) is 1. The summed E-state index contributed by atoms with van der Waals surface area (Å²) in [5.41, 5.74) is 1.72. The Morgan fingerprint density at radius 1 is 0.906 bits per heavy atom. The van der Waals surface area contributed by atoms with Crippen molar-refractivity contribution in [2.24, 2.45) is 0 Å². The first kappa shape index (κ1) is 21.7. The van der Waals surface area contributed by atoms with Crippen molar-refractivity contribution >= 4 is 18.2 Å². The van der Waals surface area contributed by atoms with Crippen LogP contribution < -0.4 is 0 Å². The Morgan fingerprint density at radius 3 is 2.12 bits per heavy atom. The molecule has 8 heteroatoms. The van der Waals surface area contributed by atoms with Crippen molar-refractivity contribution in [2.45, 2.75) is 38.1 Å². The highest BCUT2D eigenvalue weighted by molar-refractivity contribution is 5.82. The monoisotopic (exact) mass is 438 g/mol. The molecular formula is C24H26N2O6. The van der Waals surface area contributed by atoms with Crippen LogP contribution in [0, 0.1) is 0 Å². The van der Waals surface area contributed by atoms with E-state index in [1.54, 1.807) is 4.90 Å². The molecule has 32 heavy (non-hydrogen) atoms. The topological polar surface area (TPSA) is 85.4 Å². The molecular weight excluding hydrogens is 412 g/mol. The third-order valence-electron chi connectivity index (χ3n) is 5.74. The minimum Gasteiger partial charge on any atom is -0.459 e. The predicted octanol–water partition coefficient (Wildman–Crippen LogP) is 3.35. The van der Waals surface area contributed by atoms with E-state index < -0.39 is 18.1 Å². The minimum absolute atomic E-state index is 0.111. The van der Waals surface area contributed by atoms with Crippen molar-refractivity contribution in [2.75, 3.05) is 19.7 Å². The molecule has 2 aliphatic rings. The standard InChI is InChI=1S/C24H26N2O6/c27-22(31-16-18-7-3-1-4-8-18)21-15-20(25-13-14-30-23(25)28)11-12-26(21)24(29)32-17-19-9-5-2-6-10-19/h1-10,20-21H,11-17H2. The Hall–Kier alpha value is -3.55. The Bertz CT molecular complexity index is 936. The van der Waals surface area contributed by atoms with Gasteiger partial charge < -0.3 is 19.1 Å². The van der Waals surface area contributed by atoms with Crippen molar-refractivity contribution in [1.29, 1.82) is 0 Å². The quantitative estimate of drug-likeness (QED) is 0.508. The molecule has 2 aromatic carbocycles. The molecule has 2 fully saturated rings. The van der Waals surface area contributed by atoms with Crippen LogP contribution in [0.5, 0.6) is 0 Å². The molecule has 2 heterocycles. The van der Waals surface area contributed by atoms with E-state index in [-0.39, 0.29) is 38.3 Å². The molecule has 2 aromatic rings. The smallest absolute Gasteiger partial charge is 0.410 e. The zero-order chi connectivity index (χ0) is 22.3. The Kier molecular flexibility index (Phi) is 6.89. The number of nitrogens with zero attached hydrogens (tertiary/aromatic N) is 2. The van der Waals surface area contributed by atoms with Gasteiger partial charge >= 0.3 is 18.2 Å². The third-order valence-corrected chi connectivity index (χ3v) is 5.74. The maximum atomic E-state index is 13.0. The number of rotatable bonds is 6. The van der Waals surface area contributed by atoms with Gasteiger partial charge in [0.2, 0.25) is 0 Å². The summed E-state index contributed by atoms with van der Waals surface area (Å²) in [6.45, 7) is 1.32. The summed E-state index contributed by atoms with van der Waals surface area (Å²) in [6, 6.07) is 17.7. The second-order valence-corrected chi connectivity index (χ2v) is 7.83. The fourth-order valence-corrected chi connectivity index (χ4v) is 4.04. The van der Waals surface area contributed by atoms with Crippen LogP contribution in [0.15, 0.2) is 60.7 Å². The van der Waals surface area contributed by atoms with E-state index in [0.717, 1.165) is 11.1 Å². The highest BCUT2D eigenvalue weighted by Gasteiger charge is 2.42. The molecule has 2 atom stereocenters. The summed E-state index contributed by atoms with van der Waals surface area (Å²) < 4.78 is 16.0. The first-order chi connectivity index (χ1) is 15.6. The molecule has 0 spiro atoms. The molecule has 168 valence electrons.